The van der Waals surface area contributed by atoms with Crippen LogP contribution in [-0.2, 0) is 0 Å². The van der Waals surface area contributed by atoms with E-state index in [1.54, 1.807) is 0 Å². The lowest BCUT2D eigenvalue weighted by molar-refractivity contribution is 0.242. The van der Waals surface area contributed by atoms with Crippen molar-refractivity contribution in [3.05, 3.63) is 0 Å². The van der Waals surface area contributed by atoms with Gasteiger partial charge in [-0.15, -0.1) is 0 Å². The third-order valence-electron chi connectivity index (χ3n) is 2.39. The van der Waals surface area contributed by atoms with Crippen LogP contribution in [0.3, 0.4) is 0 Å². The Balaban J connectivity index is 2.04. The Morgan fingerprint density at radius 1 is 1.08 bits per heavy atom. The quantitative estimate of drug-likeness (QED) is 0.690. The van der Waals surface area contributed by atoms with E-state index in [4.69, 9.17) is 0 Å². The molecule has 0 aliphatic carbocycles. The molecule has 0 N–H and O–H groups in total. The molecule has 1 heterocycles. The van der Waals surface area contributed by atoms with Gasteiger partial charge in [-0.1, -0.05) is 27.2 Å². The highest BCUT2D eigenvalue weighted by Gasteiger charge is 2.13. The first-order chi connectivity index (χ1) is 6.08. The van der Waals surface area contributed by atoms with Gasteiger partial charge in [-0.25, -0.2) is 0 Å². The fraction of sp³-hybridized carbons (Fsp3) is 1.00. The van der Waals surface area contributed by atoms with Crippen LogP contribution in [0.4, 0.5) is 0 Å². The lowest BCUT2D eigenvalue weighted by atomic mass is 10.1. The maximum Gasteiger partial charge on any atom is 0.00755 e. The second-order valence-corrected chi connectivity index (χ2v) is 6.78. The van der Waals surface area contributed by atoms with Crippen molar-refractivity contribution in [3.8, 4) is 0 Å². The van der Waals surface area contributed by atoms with Crippen molar-refractivity contribution in [2.45, 2.75) is 44.8 Å². The first-order valence-corrected chi connectivity index (χ1v) is 6.43. The van der Waals surface area contributed by atoms with E-state index in [2.05, 4.69) is 37.4 Å². The summed E-state index contributed by atoms with van der Waals surface area (Å²) in [4.78, 5) is 2.61. The third-order valence-corrected chi connectivity index (χ3v) is 3.64. The van der Waals surface area contributed by atoms with Gasteiger partial charge in [0.1, 0.15) is 0 Å². The van der Waals surface area contributed by atoms with E-state index < -0.39 is 0 Å². The largest absolute Gasteiger partial charge is 0.303 e. The summed E-state index contributed by atoms with van der Waals surface area (Å²) in [7, 11) is 0. The van der Waals surface area contributed by atoms with Crippen LogP contribution in [0.2, 0.25) is 0 Å². The zero-order valence-corrected chi connectivity index (χ0v) is 10.1. The standard InChI is InChI=1S/C11H23NS/c1-11(2,3)13-10-9-12-7-5-4-6-8-12/h4-10H2,1-3H3. The molecule has 0 bridgehead atoms. The predicted molar refractivity (Wildman–Crippen MR) is 62.5 cm³/mol. The Kier molecular flexibility index (Phi) is 4.60. The summed E-state index contributed by atoms with van der Waals surface area (Å²) >= 11 is 2.09. The Morgan fingerprint density at radius 3 is 2.23 bits per heavy atom. The molecule has 78 valence electrons. The van der Waals surface area contributed by atoms with Crippen LogP contribution < -0.4 is 0 Å². The minimum Gasteiger partial charge on any atom is -0.303 e. The molecular formula is C11H23NS. The lowest BCUT2D eigenvalue weighted by Gasteiger charge is -2.27. The van der Waals surface area contributed by atoms with E-state index in [1.165, 1.54) is 44.6 Å². The summed E-state index contributed by atoms with van der Waals surface area (Å²) < 4.78 is 0.440. The summed E-state index contributed by atoms with van der Waals surface area (Å²) in [5.74, 6) is 1.30. The van der Waals surface area contributed by atoms with Gasteiger partial charge in [0.25, 0.3) is 0 Å². The van der Waals surface area contributed by atoms with Crippen molar-refractivity contribution < 1.29 is 0 Å². The minimum absolute atomic E-state index is 0.440. The summed E-state index contributed by atoms with van der Waals surface area (Å²) in [5, 5.41) is 0. The summed E-state index contributed by atoms with van der Waals surface area (Å²) in [5.41, 5.74) is 0. The molecule has 0 aromatic rings. The van der Waals surface area contributed by atoms with Gasteiger partial charge in [0, 0.05) is 17.0 Å². The molecule has 0 amide bonds. The first kappa shape index (κ1) is 11.4. The van der Waals surface area contributed by atoms with Crippen molar-refractivity contribution in [1.29, 1.82) is 0 Å². The Bertz CT molecular complexity index is 134. The number of thioether (sulfide) groups is 1. The van der Waals surface area contributed by atoms with Crippen LogP contribution in [0, 0.1) is 0 Å². The van der Waals surface area contributed by atoms with Crippen molar-refractivity contribution in [1.82, 2.24) is 4.90 Å². The molecule has 0 spiro atoms. The predicted octanol–water partition coefficient (Wildman–Crippen LogP) is 3.00. The van der Waals surface area contributed by atoms with Crippen LogP contribution in [0.5, 0.6) is 0 Å². The van der Waals surface area contributed by atoms with Crippen LogP contribution in [-0.4, -0.2) is 35.0 Å². The highest BCUT2D eigenvalue weighted by Crippen LogP contribution is 2.23. The number of likely N-dealkylation sites (tertiary alicyclic amines) is 1. The zero-order valence-electron chi connectivity index (χ0n) is 9.31. The molecule has 0 unspecified atom stereocenters. The van der Waals surface area contributed by atoms with E-state index in [0.29, 0.717) is 4.75 Å². The average Bonchev–Trinajstić information content (AvgIpc) is 2.04. The van der Waals surface area contributed by atoms with Crippen molar-refractivity contribution in [3.63, 3.8) is 0 Å². The Morgan fingerprint density at radius 2 is 1.69 bits per heavy atom. The smallest absolute Gasteiger partial charge is 0.00755 e. The topological polar surface area (TPSA) is 3.24 Å². The molecule has 0 radical (unpaired) electrons. The van der Waals surface area contributed by atoms with Gasteiger partial charge in [0.05, 0.1) is 0 Å². The molecule has 1 rings (SSSR count). The normalized spacial score (nSPS) is 20.5. The van der Waals surface area contributed by atoms with E-state index >= 15 is 0 Å². The number of hydrogen-bond acceptors (Lipinski definition) is 2. The maximum absolute atomic E-state index is 2.61. The van der Waals surface area contributed by atoms with Gasteiger partial charge in [0.2, 0.25) is 0 Å². The SMILES string of the molecule is CC(C)(C)SCCN1CCCCC1. The molecule has 0 atom stereocenters. The van der Waals surface area contributed by atoms with E-state index in [0.717, 1.165) is 0 Å². The van der Waals surface area contributed by atoms with Gasteiger partial charge in [0.15, 0.2) is 0 Å². The number of rotatable bonds is 3. The molecule has 13 heavy (non-hydrogen) atoms. The van der Waals surface area contributed by atoms with E-state index in [1.807, 2.05) is 0 Å². The van der Waals surface area contributed by atoms with E-state index in [9.17, 15) is 0 Å². The molecule has 1 fully saturated rings. The maximum atomic E-state index is 2.61. The number of nitrogens with zero attached hydrogens (tertiary/aromatic N) is 1. The summed E-state index contributed by atoms with van der Waals surface area (Å²) in [6, 6.07) is 0. The molecule has 1 aliphatic heterocycles. The molecule has 1 saturated heterocycles. The van der Waals surface area contributed by atoms with Crippen LogP contribution in [0.15, 0.2) is 0 Å². The third kappa shape index (κ3) is 5.58. The van der Waals surface area contributed by atoms with Crippen molar-refractivity contribution in [2.75, 3.05) is 25.4 Å². The highest BCUT2D eigenvalue weighted by atomic mass is 32.2. The van der Waals surface area contributed by atoms with Gasteiger partial charge in [-0.3, -0.25) is 0 Å². The highest BCUT2D eigenvalue weighted by molar-refractivity contribution is 8.00. The Hall–Kier alpha value is 0.310. The molecule has 0 aromatic carbocycles. The fourth-order valence-corrected chi connectivity index (χ4v) is 2.63. The van der Waals surface area contributed by atoms with Gasteiger partial charge in [-0.05, 0) is 25.9 Å². The van der Waals surface area contributed by atoms with Gasteiger partial charge < -0.3 is 4.90 Å². The molecule has 2 heteroatoms. The van der Waals surface area contributed by atoms with E-state index in [-0.39, 0.29) is 0 Å². The molecule has 1 aliphatic rings. The summed E-state index contributed by atoms with van der Waals surface area (Å²) in [6.07, 6.45) is 4.28. The molecule has 0 aromatic heterocycles. The summed E-state index contributed by atoms with van der Waals surface area (Å²) in [6.45, 7) is 10.9. The van der Waals surface area contributed by atoms with Crippen molar-refractivity contribution in [2.24, 2.45) is 0 Å². The van der Waals surface area contributed by atoms with Crippen molar-refractivity contribution >= 4 is 11.8 Å². The lowest BCUT2D eigenvalue weighted by Crippen LogP contribution is -2.32. The van der Waals surface area contributed by atoms with Crippen LogP contribution in [0.1, 0.15) is 40.0 Å². The molecule has 1 nitrogen and oxygen atoms in total. The van der Waals surface area contributed by atoms with Crippen LogP contribution >= 0.6 is 11.8 Å². The minimum atomic E-state index is 0.440. The molecule has 0 saturated carbocycles. The van der Waals surface area contributed by atoms with Gasteiger partial charge in [-0.2, -0.15) is 11.8 Å². The first-order valence-electron chi connectivity index (χ1n) is 5.44. The molecular weight excluding hydrogens is 178 g/mol. The van der Waals surface area contributed by atoms with Gasteiger partial charge >= 0.3 is 0 Å². The number of hydrogen-bond donors (Lipinski definition) is 0. The van der Waals surface area contributed by atoms with Crippen LogP contribution in [0.25, 0.3) is 0 Å². The Labute approximate surface area is 87.3 Å². The average molecular weight is 201 g/mol. The number of piperidine rings is 1. The second kappa shape index (κ2) is 5.26. The fourth-order valence-electron chi connectivity index (χ4n) is 1.66. The second-order valence-electron chi connectivity index (χ2n) is 4.86. The monoisotopic (exact) mass is 201 g/mol. The zero-order chi connectivity index (χ0) is 9.73.